The van der Waals surface area contributed by atoms with Crippen LogP contribution in [0.4, 0.5) is 0 Å². The zero-order chi connectivity index (χ0) is 13.7. The highest BCUT2D eigenvalue weighted by Gasteiger charge is 2.17. The van der Waals surface area contributed by atoms with E-state index in [-0.39, 0.29) is 5.91 Å². The van der Waals surface area contributed by atoms with Crippen molar-refractivity contribution in [3.63, 3.8) is 0 Å². The maximum atomic E-state index is 11.6. The molecule has 0 saturated carbocycles. The van der Waals surface area contributed by atoms with Gasteiger partial charge in [-0.05, 0) is 7.05 Å². The number of rotatable bonds is 4. The molecule has 0 spiro atoms. The molecule has 1 amide bonds. The van der Waals surface area contributed by atoms with Gasteiger partial charge in [0.2, 0.25) is 6.67 Å². The highest BCUT2D eigenvalue weighted by Crippen LogP contribution is 1.99. The molecule has 6 nitrogen and oxygen atoms in total. The van der Waals surface area contributed by atoms with Crippen molar-refractivity contribution in [1.29, 1.82) is 0 Å². The van der Waals surface area contributed by atoms with Gasteiger partial charge in [-0.3, -0.25) is 10.2 Å². The standard InChI is InChI=1S/C13H21N5O/c1-14-15-13(19)12-3-5-17(6-4-12)11-18-9-7-16(2)8-10-18/h3-6,19H,7-11H2,1-2H3/p+1. The fraction of sp³-hybridized carbons (Fsp3) is 0.538. The first-order valence-electron chi connectivity index (χ1n) is 6.56. The van der Waals surface area contributed by atoms with E-state index in [0.29, 0.717) is 5.56 Å². The third-order valence-corrected chi connectivity index (χ3v) is 3.35. The predicted molar refractivity (Wildman–Crippen MR) is 72.2 cm³/mol. The molecule has 1 fully saturated rings. The molecule has 2 rings (SSSR count). The minimum absolute atomic E-state index is 0.116. The number of hydrazine groups is 1. The fourth-order valence-corrected chi connectivity index (χ4v) is 2.11. The number of nitrogens with zero attached hydrogens (tertiary/aromatic N) is 3. The third-order valence-electron chi connectivity index (χ3n) is 3.35. The van der Waals surface area contributed by atoms with E-state index in [0.717, 1.165) is 32.8 Å². The highest BCUT2D eigenvalue weighted by atomic mass is 16.2. The van der Waals surface area contributed by atoms with Crippen LogP contribution in [-0.2, 0) is 6.67 Å². The van der Waals surface area contributed by atoms with Crippen LogP contribution in [0.25, 0.3) is 0 Å². The summed E-state index contributed by atoms with van der Waals surface area (Å²) in [5, 5.41) is 0. The largest absolute Gasteiger partial charge is 0.304 e. The van der Waals surface area contributed by atoms with Crippen molar-refractivity contribution >= 4 is 5.91 Å². The van der Waals surface area contributed by atoms with E-state index >= 15 is 0 Å². The summed E-state index contributed by atoms with van der Waals surface area (Å²) in [5.74, 6) is -0.116. The molecule has 0 aromatic carbocycles. The number of carbonyl (C=O) groups is 1. The SMILES string of the molecule is CNNC(=O)c1cc[n+](CN2CCN(C)CC2)cc1. The molecule has 1 aliphatic heterocycles. The van der Waals surface area contributed by atoms with E-state index in [2.05, 4.69) is 32.3 Å². The molecule has 1 aliphatic rings. The van der Waals surface area contributed by atoms with E-state index in [4.69, 9.17) is 0 Å². The number of carbonyl (C=O) groups excluding carboxylic acids is 1. The lowest BCUT2D eigenvalue weighted by Gasteiger charge is -2.30. The summed E-state index contributed by atoms with van der Waals surface area (Å²) < 4.78 is 2.10. The molecule has 104 valence electrons. The van der Waals surface area contributed by atoms with Gasteiger partial charge >= 0.3 is 0 Å². The van der Waals surface area contributed by atoms with Crippen molar-refractivity contribution in [1.82, 2.24) is 20.7 Å². The highest BCUT2D eigenvalue weighted by molar-refractivity contribution is 5.93. The maximum Gasteiger partial charge on any atom is 0.265 e. The Bertz CT molecular complexity index is 412. The molecule has 19 heavy (non-hydrogen) atoms. The second-order valence-electron chi connectivity index (χ2n) is 4.87. The Hall–Kier alpha value is -1.50. The van der Waals surface area contributed by atoms with Gasteiger partial charge in [-0.2, -0.15) is 4.57 Å². The summed E-state index contributed by atoms with van der Waals surface area (Å²) in [6.07, 6.45) is 3.89. The molecule has 1 aromatic rings. The Kier molecular flexibility index (Phi) is 4.84. The lowest BCUT2D eigenvalue weighted by atomic mass is 10.2. The van der Waals surface area contributed by atoms with Crippen molar-refractivity contribution in [2.24, 2.45) is 0 Å². The number of nitrogens with one attached hydrogen (secondary N) is 2. The van der Waals surface area contributed by atoms with Crippen LogP contribution in [0.2, 0.25) is 0 Å². The fourth-order valence-electron chi connectivity index (χ4n) is 2.11. The van der Waals surface area contributed by atoms with Gasteiger partial charge in [0, 0.05) is 45.4 Å². The van der Waals surface area contributed by atoms with E-state index < -0.39 is 0 Å². The van der Waals surface area contributed by atoms with Crippen LogP contribution >= 0.6 is 0 Å². The molecule has 1 aromatic heterocycles. The van der Waals surface area contributed by atoms with Crippen LogP contribution in [0, 0.1) is 0 Å². The van der Waals surface area contributed by atoms with Crippen LogP contribution < -0.4 is 15.4 Å². The lowest BCUT2D eigenvalue weighted by molar-refractivity contribution is -0.716. The summed E-state index contributed by atoms with van der Waals surface area (Å²) >= 11 is 0. The van der Waals surface area contributed by atoms with Crippen molar-refractivity contribution in [2.45, 2.75) is 6.67 Å². The Morgan fingerprint density at radius 3 is 2.47 bits per heavy atom. The number of likely N-dealkylation sites (N-methyl/N-ethyl adjacent to an activating group) is 1. The second-order valence-corrected chi connectivity index (χ2v) is 4.87. The van der Waals surface area contributed by atoms with Crippen LogP contribution in [-0.4, -0.2) is 56.0 Å². The predicted octanol–water partition coefficient (Wildman–Crippen LogP) is -0.957. The molecule has 2 N–H and O–H groups in total. The molecule has 6 heteroatoms. The second kappa shape index (κ2) is 6.60. The zero-order valence-corrected chi connectivity index (χ0v) is 11.6. The van der Waals surface area contributed by atoms with Crippen LogP contribution in [0.3, 0.4) is 0 Å². The maximum absolute atomic E-state index is 11.6. The Balaban J connectivity index is 1.90. The molecule has 0 atom stereocenters. The first-order chi connectivity index (χ1) is 9.19. The Labute approximate surface area is 114 Å². The summed E-state index contributed by atoms with van der Waals surface area (Å²) in [6.45, 7) is 5.28. The minimum Gasteiger partial charge on any atom is -0.304 e. The van der Waals surface area contributed by atoms with Gasteiger partial charge in [0.25, 0.3) is 5.91 Å². The van der Waals surface area contributed by atoms with Gasteiger partial charge in [-0.15, -0.1) is 0 Å². The number of aromatic nitrogens is 1. The molecular formula is C13H22N5O+. The van der Waals surface area contributed by atoms with E-state index in [1.165, 1.54) is 0 Å². The average molecular weight is 264 g/mol. The number of hydrogen-bond acceptors (Lipinski definition) is 4. The number of pyridine rings is 1. The smallest absolute Gasteiger partial charge is 0.265 e. The molecular weight excluding hydrogens is 242 g/mol. The Morgan fingerprint density at radius 2 is 1.89 bits per heavy atom. The molecule has 0 bridgehead atoms. The number of hydrogen-bond donors (Lipinski definition) is 2. The van der Waals surface area contributed by atoms with Crippen molar-refractivity contribution in [3.8, 4) is 0 Å². The summed E-state index contributed by atoms with van der Waals surface area (Å²) in [4.78, 5) is 16.3. The summed E-state index contributed by atoms with van der Waals surface area (Å²) in [6, 6.07) is 3.67. The van der Waals surface area contributed by atoms with Crippen LogP contribution in [0.15, 0.2) is 24.5 Å². The van der Waals surface area contributed by atoms with Gasteiger partial charge in [-0.1, -0.05) is 0 Å². The number of amides is 1. The van der Waals surface area contributed by atoms with Gasteiger partial charge in [0.15, 0.2) is 12.4 Å². The van der Waals surface area contributed by atoms with Gasteiger partial charge in [0.05, 0.1) is 5.56 Å². The molecule has 1 saturated heterocycles. The number of piperazine rings is 1. The molecule has 0 radical (unpaired) electrons. The molecule has 0 aliphatic carbocycles. The van der Waals surface area contributed by atoms with Crippen LogP contribution in [0.5, 0.6) is 0 Å². The monoisotopic (exact) mass is 264 g/mol. The average Bonchev–Trinajstić information content (AvgIpc) is 2.42. The van der Waals surface area contributed by atoms with Crippen molar-refractivity contribution in [3.05, 3.63) is 30.1 Å². The summed E-state index contributed by atoms with van der Waals surface area (Å²) in [5.41, 5.74) is 5.84. The zero-order valence-electron chi connectivity index (χ0n) is 11.6. The van der Waals surface area contributed by atoms with Crippen LogP contribution in [0.1, 0.15) is 10.4 Å². The van der Waals surface area contributed by atoms with Crippen molar-refractivity contribution < 1.29 is 9.36 Å². The first kappa shape index (κ1) is 13.9. The quantitative estimate of drug-likeness (QED) is 0.543. The van der Waals surface area contributed by atoms with Gasteiger partial charge < -0.3 is 4.90 Å². The Morgan fingerprint density at radius 1 is 1.26 bits per heavy atom. The van der Waals surface area contributed by atoms with Gasteiger partial charge in [-0.25, -0.2) is 10.3 Å². The van der Waals surface area contributed by atoms with E-state index in [1.54, 1.807) is 7.05 Å². The normalized spacial score (nSPS) is 17.4. The van der Waals surface area contributed by atoms with E-state index in [1.807, 2.05) is 24.5 Å². The molecule has 2 heterocycles. The van der Waals surface area contributed by atoms with Crippen molar-refractivity contribution in [2.75, 3.05) is 40.3 Å². The first-order valence-corrected chi connectivity index (χ1v) is 6.56. The molecule has 0 unspecified atom stereocenters. The third kappa shape index (κ3) is 3.99. The minimum atomic E-state index is -0.116. The topological polar surface area (TPSA) is 51.5 Å². The van der Waals surface area contributed by atoms with E-state index in [9.17, 15) is 4.79 Å². The lowest BCUT2D eigenvalue weighted by Crippen LogP contribution is -2.51. The van der Waals surface area contributed by atoms with Gasteiger partial charge in [0.1, 0.15) is 0 Å². The summed E-state index contributed by atoms with van der Waals surface area (Å²) in [7, 11) is 3.83.